The molecule has 3 aromatic carbocycles. The fourth-order valence-electron chi connectivity index (χ4n) is 3.15. The third kappa shape index (κ3) is 7.35. The van der Waals surface area contributed by atoms with Crippen molar-refractivity contribution in [2.45, 2.75) is 20.0 Å². The number of rotatable bonds is 9. The van der Waals surface area contributed by atoms with Crippen LogP contribution in [0.1, 0.15) is 16.7 Å². The third-order valence-corrected chi connectivity index (χ3v) is 4.93. The SMILES string of the molecule is Cc1cccc(NC(=O)NNc2nc(NCc3ccc(F)cc3)nc(NCc3ccc(F)cc3)n2)c1. The smallest absolute Gasteiger partial charge is 0.337 e. The molecule has 4 aromatic rings. The summed E-state index contributed by atoms with van der Waals surface area (Å²) in [6.45, 7) is 2.60. The van der Waals surface area contributed by atoms with Crippen LogP contribution in [0.4, 0.5) is 37.1 Å². The Labute approximate surface area is 206 Å². The lowest BCUT2D eigenvalue weighted by Gasteiger charge is -2.13. The van der Waals surface area contributed by atoms with Crippen LogP contribution in [-0.2, 0) is 13.1 Å². The molecule has 0 aliphatic carbocycles. The number of halogens is 2. The van der Waals surface area contributed by atoms with E-state index in [0.29, 0.717) is 18.8 Å². The zero-order valence-electron chi connectivity index (χ0n) is 19.3. The van der Waals surface area contributed by atoms with Gasteiger partial charge in [0.25, 0.3) is 0 Å². The van der Waals surface area contributed by atoms with E-state index in [4.69, 9.17) is 0 Å². The fourth-order valence-corrected chi connectivity index (χ4v) is 3.15. The number of amides is 2. The second-order valence-electron chi connectivity index (χ2n) is 7.84. The number of carbonyl (C=O) groups excluding carboxylic acids is 1. The van der Waals surface area contributed by atoms with Crippen LogP contribution in [0.25, 0.3) is 0 Å². The predicted octanol–water partition coefficient (Wildman–Crippen LogP) is 4.83. The number of urea groups is 1. The van der Waals surface area contributed by atoms with Gasteiger partial charge in [0.2, 0.25) is 17.8 Å². The van der Waals surface area contributed by atoms with Crippen LogP contribution in [0.3, 0.4) is 0 Å². The highest BCUT2D eigenvalue weighted by atomic mass is 19.1. The lowest BCUT2D eigenvalue weighted by Crippen LogP contribution is -2.34. The Bertz CT molecular complexity index is 1250. The highest BCUT2D eigenvalue weighted by Crippen LogP contribution is 2.13. The van der Waals surface area contributed by atoms with Crippen LogP contribution in [0.2, 0.25) is 0 Å². The molecule has 2 amide bonds. The van der Waals surface area contributed by atoms with E-state index in [1.165, 1.54) is 24.3 Å². The number of hydrogen-bond donors (Lipinski definition) is 5. The van der Waals surface area contributed by atoms with Gasteiger partial charge in [-0.3, -0.25) is 5.43 Å². The zero-order chi connectivity index (χ0) is 25.3. The predicted molar refractivity (Wildman–Crippen MR) is 134 cm³/mol. The number of nitrogens with zero attached hydrogens (tertiary/aromatic N) is 3. The molecule has 0 saturated heterocycles. The van der Waals surface area contributed by atoms with Crippen molar-refractivity contribution in [1.29, 1.82) is 0 Å². The lowest BCUT2D eigenvalue weighted by atomic mass is 10.2. The van der Waals surface area contributed by atoms with Crippen molar-refractivity contribution >= 4 is 29.6 Å². The van der Waals surface area contributed by atoms with Crippen LogP contribution < -0.4 is 26.8 Å². The summed E-state index contributed by atoms with van der Waals surface area (Å²) in [5.74, 6) is -0.133. The minimum absolute atomic E-state index is 0.0765. The quantitative estimate of drug-likeness (QED) is 0.213. The Morgan fingerprint density at radius 2 is 1.28 bits per heavy atom. The van der Waals surface area contributed by atoms with Gasteiger partial charge in [0, 0.05) is 18.8 Å². The number of carbonyl (C=O) groups is 1. The van der Waals surface area contributed by atoms with Crippen LogP contribution in [-0.4, -0.2) is 21.0 Å². The molecule has 0 spiro atoms. The topological polar surface area (TPSA) is 116 Å². The van der Waals surface area contributed by atoms with E-state index >= 15 is 0 Å². The van der Waals surface area contributed by atoms with Crippen LogP contribution >= 0.6 is 0 Å². The molecule has 0 radical (unpaired) electrons. The zero-order valence-corrected chi connectivity index (χ0v) is 19.3. The fraction of sp³-hybridized carbons (Fsp3) is 0.120. The second kappa shape index (κ2) is 11.6. The van der Waals surface area contributed by atoms with Gasteiger partial charge in [0.05, 0.1) is 0 Å². The summed E-state index contributed by atoms with van der Waals surface area (Å²) in [5.41, 5.74) is 8.44. The van der Waals surface area contributed by atoms with Crippen molar-refractivity contribution in [3.05, 3.63) is 101 Å². The molecule has 0 aliphatic rings. The van der Waals surface area contributed by atoms with Crippen molar-refractivity contribution in [2.24, 2.45) is 0 Å². The number of hydrazine groups is 1. The van der Waals surface area contributed by atoms with Crippen LogP contribution in [0.15, 0.2) is 72.8 Å². The van der Waals surface area contributed by atoms with Gasteiger partial charge >= 0.3 is 6.03 Å². The highest BCUT2D eigenvalue weighted by molar-refractivity contribution is 5.89. The minimum atomic E-state index is -0.511. The Balaban J connectivity index is 1.44. The van der Waals surface area contributed by atoms with Gasteiger partial charge in [0.1, 0.15) is 11.6 Å². The number of aryl methyl sites for hydroxylation is 1. The summed E-state index contributed by atoms with van der Waals surface area (Å²) in [6.07, 6.45) is 0. The molecule has 184 valence electrons. The molecular weight excluding hydrogens is 466 g/mol. The molecule has 11 heteroatoms. The molecule has 4 rings (SSSR count). The molecule has 0 saturated carbocycles. The van der Waals surface area contributed by atoms with Crippen LogP contribution in [0.5, 0.6) is 0 Å². The summed E-state index contributed by atoms with van der Waals surface area (Å²) < 4.78 is 26.4. The monoisotopic (exact) mass is 490 g/mol. The van der Waals surface area contributed by atoms with Gasteiger partial charge in [-0.25, -0.2) is 19.0 Å². The summed E-state index contributed by atoms with van der Waals surface area (Å²) >= 11 is 0. The average Bonchev–Trinajstić information content (AvgIpc) is 2.87. The molecule has 0 fully saturated rings. The lowest BCUT2D eigenvalue weighted by molar-refractivity contribution is 0.253. The van der Waals surface area contributed by atoms with Gasteiger partial charge in [-0.1, -0.05) is 36.4 Å². The maximum Gasteiger partial charge on any atom is 0.337 e. The van der Waals surface area contributed by atoms with Gasteiger partial charge in [0.15, 0.2) is 0 Å². The third-order valence-electron chi connectivity index (χ3n) is 4.93. The molecule has 1 aromatic heterocycles. The molecular formula is C25H24F2N8O. The number of benzene rings is 3. The standard InChI is InChI=1S/C25H24F2N8O/c1-16-3-2-4-21(13-16)30-25(36)35-34-24-32-22(28-14-17-5-9-19(26)10-6-17)31-23(33-24)29-15-18-7-11-20(27)12-8-18/h2-13H,14-15H2,1H3,(H2,30,35,36)(H3,28,29,31,32,33,34). The number of anilines is 4. The van der Waals surface area contributed by atoms with E-state index < -0.39 is 6.03 Å². The molecule has 9 nitrogen and oxygen atoms in total. The summed E-state index contributed by atoms with van der Waals surface area (Å²) in [6, 6.07) is 18.9. The van der Waals surface area contributed by atoms with Crippen molar-refractivity contribution in [3.8, 4) is 0 Å². The summed E-state index contributed by atoms with van der Waals surface area (Å²) in [5, 5.41) is 8.82. The van der Waals surface area contributed by atoms with E-state index in [1.807, 2.05) is 25.1 Å². The number of hydrogen-bond acceptors (Lipinski definition) is 7. The first-order valence-corrected chi connectivity index (χ1v) is 11.1. The van der Waals surface area contributed by atoms with E-state index in [2.05, 4.69) is 41.8 Å². The Kier molecular flexibility index (Phi) is 7.81. The second-order valence-corrected chi connectivity index (χ2v) is 7.84. The summed E-state index contributed by atoms with van der Waals surface area (Å²) in [4.78, 5) is 25.2. The first-order chi connectivity index (χ1) is 17.4. The van der Waals surface area contributed by atoms with E-state index in [1.54, 1.807) is 30.3 Å². The van der Waals surface area contributed by atoms with Gasteiger partial charge in [-0.2, -0.15) is 15.0 Å². The van der Waals surface area contributed by atoms with Crippen molar-refractivity contribution in [2.75, 3.05) is 21.4 Å². The van der Waals surface area contributed by atoms with Crippen LogP contribution in [0, 0.1) is 18.6 Å². The maximum atomic E-state index is 13.2. The molecule has 0 aliphatic heterocycles. The first-order valence-electron chi connectivity index (χ1n) is 11.1. The largest absolute Gasteiger partial charge is 0.350 e. The molecule has 36 heavy (non-hydrogen) atoms. The molecule has 0 bridgehead atoms. The van der Waals surface area contributed by atoms with E-state index in [0.717, 1.165) is 16.7 Å². The van der Waals surface area contributed by atoms with Gasteiger partial charge in [-0.15, -0.1) is 0 Å². The number of nitrogens with one attached hydrogen (secondary N) is 5. The van der Waals surface area contributed by atoms with E-state index in [9.17, 15) is 13.6 Å². The highest BCUT2D eigenvalue weighted by Gasteiger charge is 2.09. The Morgan fingerprint density at radius 3 is 1.81 bits per heavy atom. The van der Waals surface area contributed by atoms with Gasteiger partial charge in [-0.05, 0) is 60.0 Å². The van der Waals surface area contributed by atoms with Crippen molar-refractivity contribution in [3.63, 3.8) is 0 Å². The minimum Gasteiger partial charge on any atom is -0.350 e. The normalized spacial score (nSPS) is 10.4. The molecule has 0 atom stereocenters. The van der Waals surface area contributed by atoms with Crippen molar-refractivity contribution in [1.82, 2.24) is 20.4 Å². The maximum absolute atomic E-state index is 13.2. The first kappa shape index (κ1) is 24.3. The molecule has 1 heterocycles. The molecule has 5 N–H and O–H groups in total. The Hall–Kier alpha value is -4.80. The molecule has 0 unspecified atom stereocenters. The Morgan fingerprint density at radius 1 is 0.750 bits per heavy atom. The van der Waals surface area contributed by atoms with Gasteiger partial charge < -0.3 is 16.0 Å². The summed E-state index contributed by atoms with van der Waals surface area (Å²) in [7, 11) is 0. The van der Waals surface area contributed by atoms with Crippen molar-refractivity contribution < 1.29 is 13.6 Å². The average molecular weight is 491 g/mol. The number of aromatic nitrogens is 3. The van der Waals surface area contributed by atoms with E-state index in [-0.39, 0.29) is 29.5 Å².